The van der Waals surface area contributed by atoms with Crippen molar-refractivity contribution < 1.29 is 42.5 Å². The highest BCUT2D eigenvalue weighted by atomic mass is 16.6. The molecule has 1 N–H and O–H groups in total. The number of esters is 2. The second kappa shape index (κ2) is 11.2. The SMILES string of the molecule is CCOc1cc(/C=C2\NC(=O)N(Cc3ccc(C(=O)OC)o3)C2=O)ccc1OCC(=O)OC(C)C. The lowest BCUT2D eigenvalue weighted by atomic mass is 10.1. The van der Waals surface area contributed by atoms with E-state index in [2.05, 4.69) is 10.1 Å². The standard InChI is InChI=1S/C24H26N2O9/c1-5-32-20-11-15(6-8-18(20)33-13-21(27)34-14(2)3)10-17-22(28)26(24(30)25-17)12-16-7-9-19(35-16)23(29)31-4/h6-11,14H,5,12-13H2,1-4H3,(H,25,30)/b17-10-. The maximum Gasteiger partial charge on any atom is 0.373 e. The van der Waals surface area contributed by atoms with E-state index in [4.69, 9.17) is 18.6 Å². The average Bonchev–Trinajstić information content (AvgIpc) is 3.38. The summed E-state index contributed by atoms with van der Waals surface area (Å²) in [6, 6.07) is 7.12. The average molecular weight is 486 g/mol. The quantitative estimate of drug-likeness (QED) is 0.306. The van der Waals surface area contributed by atoms with Crippen LogP contribution in [-0.2, 0) is 25.6 Å². The maximum atomic E-state index is 12.8. The minimum absolute atomic E-state index is 0.0337. The van der Waals surface area contributed by atoms with Crippen molar-refractivity contribution in [3.05, 3.63) is 53.1 Å². The molecule has 0 atom stereocenters. The van der Waals surface area contributed by atoms with E-state index >= 15 is 0 Å². The highest BCUT2D eigenvalue weighted by molar-refractivity contribution is 6.13. The number of nitrogens with one attached hydrogen (secondary N) is 1. The molecule has 0 saturated carbocycles. The van der Waals surface area contributed by atoms with Crippen LogP contribution >= 0.6 is 0 Å². The van der Waals surface area contributed by atoms with Gasteiger partial charge in [0.1, 0.15) is 11.5 Å². The molecule has 1 aliphatic rings. The van der Waals surface area contributed by atoms with Gasteiger partial charge in [-0.2, -0.15) is 0 Å². The molecule has 3 amide bonds. The van der Waals surface area contributed by atoms with Crippen LogP contribution in [0.1, 0.15) is 42.6 Å². The monoisotopic (exact) mass is 486 g/mol. The molecule has 0 radical (unpaired) electrons. The lowest BCUT2D eigenvalue weighted by molar-refractivity contribution is -0.149. The Kier molecular flexibility index (Phi) is 8.13. The topological polar surface area (TPSA) is 134 Å². The molecule has 1 saturated heterocycles. The van der Waals surface area contributed by atoms with Crippen molar-refractivity contribution in [2.24, 2.45) is 0 Å². The number of rotatable bonds is 10. The summed E-state index contributed by atoms with van der Waals surface area (Å²) in [4.78, 5) is 49.4. The third kappa shape index (κ3) is 6.40. The largest absolute Gasteiger partial charge is 0.490 e. The fourth-order valence-corrected chi connectivity index (χ4v) is 3.15. The predicted octanol–water partition coefficient (Wildman–Crippen LogP) is 2.89. The summed E-state index contributed by atoms with van der Waals surface area (Å²) >= 11 is 0. The molecule has 0 aliphatic carbocycles. The summed E-state index contributed by atoms with van der Waals surface area (Å²) < 4.78 is 26.1. The van der Waals surface area contributed by atoms with Gasteiger partial charge in [-0.1, -0.05) is 6.07 Å². The molecule has 1 fully saturated rings. The van der Waals surface area contributed by atoms with Crippen LogP contribution < -0.4 is 14.8 Å². The minimum atomic E-state index is -0.664. The van der Waals surface area contributed by atoms with Crippen LogP contribution in [0, 0.1) is 0 Å². The van der Waals surface area contributed by atoms with Gasteiger partial charge in [-0.05, 0) is 56.7 Å². The van der Waals surface area contributed by atoms with E-state index in [-0.39, 0.29) is 36.5 Å². The summed E-state index contributed by atoms with van der Waals surface area (Å²) in [6.45, 7) is 5.16. The number of amides is 3. The first-order chi connectivity index (χ1) is 16.7. The number of hydrogen-bond acceptors (Lipinski definition) is 9. The van der Waals surface area contributed by atoms with Crippen LogP contribution in [0.3, 0.4) is 0 Å². The minimum Gasteiger partial charge on any atom is -0.490 e. The van der Waals surface area contributed by atoms with Gasteiger partial charge in [0.15, 0.2) is 18.1 Å². The van der Waals surface area contributed by atoms with Crippen LogP contribution in [0.15, 0.2) is 40.4 Å². The molecule has 186 valence electrons. The zero-order valence-electron chi connectivity index (χ0n) is 19.8. The van der Waals surface area contributed by atoms with E-state index in [1.807, 2.05) is 0 Å². The van der Waals surface area contributed by atoms with Gasteiger partial charge >= 0.3 is 18.0 Å². The zero-order chi connectivity index (χ0) is 25.5. The molecule has 35 heavy (non-hydrogen) atoms. The highest BCUT2D eigenvalue weighted by Crippen LogP contribution is 2.30. The van der Waals surface area contributed by atoms with E-state index in [0.717, 1.165) is 4.90 Å². The van der Waals surface area contributed by atoms with E-state index in [9.17, 15) is 19.2 Å². The van der Waals surface area contributed by atoms with Gasteiger partial charge in [0, 0.05) is 0 Å². The highest BCUT2D eigenvalue weighted by Gasteiger charge is 2.34. The first-order valence-electron chi connectivity index (χ1n) is 10.8. The molecule has 0 unspecified atom stereocenters. The molecule has 11 heteroatoms. The van der Waals surface area contributed by atoms with Crippen LogP contribution in [-0.4, -0.2) is 55.2 Å². The fourth-order valence-electron chi connectivity index (χ4n) is 3.15. The Labute approximate surface area is 201 Å². The third-order valence-electron chi connectivity index (χ3n) is 4.62. The molecule has 0 bridgehead atoms. The number of methoxy groups -OCH3 is 1. The number of ether oxygens (including phenoxy) is 4. The van der Waals surface area contributed by atoms with Crippen LogP contribution in [0.4, 0.5) is 4.79 Å². The molecular formula is C24H26N2O9. The predicted molar refractivity (Wildman–Crippen MR) is 121 cm³/mol. The lowest BCUT2D eigenvalue weighted by Gasteiger charge is -2.13. The first kappa shape index (κ1) is 25.3. The molecule has 0 spiro atoms. The molecule has 1 aromatic carbocycles. The van der Waals surface area contributed by atoms with Gasteiger partial charge in [0.05, 0.1) is 26.4 Å². The first-order valence-corrected chi connectivity index (χ1v) is 10.8. The fraction of sp³-hybridized carbons (Fsp3) is 0.333. The summed E-state index contributed by atoms with van der Waals surface area (Å²) in [6.07, 6.45) is 1.23. The number of furan rings is 1. The van der Waals surface area contributed by atoms with Crippen molar-refractivity contribution in [1.82, 2.24) is 10.2 Å². The summed E-state index contributed by atoms with van der Waals surface area (Å²) in [5.41, 5.74) is 0.605. The van der Waals surface area contributed by atoms with Crippen molar-refractivity contribution >= 4 is 30.0 Å². The summed E-state index contributed by atoms with van der Waals surface area (Å²) in [5.74, 6) is -0.844. The van der Waals surface area contributed by atoms with Gasteiger partial charge in [-0.15, -0.1) is 0 Å². The van der Waals surface area contributed by atoms with Gasteiger partial charge in [0.25, 0.3) is 5.91 Å². The maximum absolute atomic E-state index is 12.8. The van der Waals surface area contributed by atoms with Crippen molar-refractivity contribution in [3.63, 3.8) is 0 Å². The van der Waals surface area contributed by atoms with Crippen molar-refractivity contribution in [2.45, 2.75) is 33.4 Å². The molecular weight excluding hydrogens is 460 g/mol. The van der Waals surface area contributed by atoms with Crippen LogP contribution in [0.5, 0.6) is 11.5 Å². The van der Waals surface area contributed by atoms with Crippen molar-refractivity contribution in [2.75, 3.05) is 20.3 Å². The number of urea groups is 1. The number of benzene rings is 1. The van der Waals surface area contributed by atoms with E-state index < -0.39 is 23.9 Å². The number of imide groups is 1. The van der Waals surface area contributed by atoms with Crippen LogP contribution in [0.2, 0.25) is 0 Å². The Hall–Kier alpha value is -4.28. The Bertz CT molecular complexity index is 1150. The van der Waals surface area contributed by atoms with Crippen LogP contribution in [0.25, 0.3) is 6.08 Å². The van der Waals surface area contributed by atoms with E-state index in [0.29, 0.717) is 23.7 Å². The van der Waals surface area contributed by atoms with E-state index in [1.54, 1.807) is 39.0 Å². The number of carbonyl (C=O) groups is 4. The van der Waals surface area contributed by atoms with Gasteiger partial charge < -0.3 is 28.7 Å². The van der Waals surface area contributed by atoms with Gasteiger partial charge in [0.2, 0.25) is 5.76 Å². The Morgan fingerprint density at radius 2 is 1.89 bits per heavy atom. The molecule has 1 aromatic heterocycles. The Morgan fingerprint density at radius 1 is 1.11 bits per heavy atom. The smallest absolute Gasteiger partial charge is 0.373 e. The Balaban J connectivity index is 1.73. The Morgan fingerprint density at radius 3 is 2.57 bits per heavy atom. The second-order valence-corrected chi connectivity index (χ2v) is 7.60. The number of hydrogen-bond donors (Lipinski definition) is 1. The summed E-state index contributed by atoms with van der Waals surface area (Å²) in [7, 11) is 1.22. The molecule has 2 heterocycles. The van der Waals surface area contributed by atoms with Crippen molar-refractivity contribution in [1.29, 1.82) is 0 Å². The zero-order valence-corrected chi connectivity index (χ0v) is 19.8. The van der Waals surface area contributed by atoms with Gasteiger partial charge in [-0.25, -0.2) is 14.4 Å². The summed E-state index contributed by atoms with van der Waals surface area (Å²) in [5, 5.41) is 2.52. The van der Waals surface area contributed by atoms with Gasteiger partial charge in [-0.3, -0.25) is 9.69 Å². The van der Waals surface area contributed by atoms with Crippen molar-refractivity contribution in [3.8, 4) is 11.5 Å². The number of carbonyl (C=O) groups excluding carboxylic acids is 4. The molecule has 11 nitrogen and oxygen atoms in total. The van der Waals surface area contributed by atoms with E-state index in [1.165, 1.54) is 25.3 Å². The molecule has 2 aromatic rings. The molecule has 1 aliphatic heterocycles. The molecule has 3 rings (SSSR count). The normalized spacial score (nSPS) is 14.3. The number of nitrogens with zero attached hydrogens (tertiary/aromatic N) is 1. The third-order valence-corrected chi connectivity index (χ3v) is 4.62. The second-order valence-electron chi connectivity index (χ2n) is 7.60. The lowest BCUT2D eigenvalue weighted by Crippen LogP contribution is -2.30.